The van der Waals surface area contributed by atoms with E-state index in [1.165, 1.54) is 24.0 Å². The quantitative estimate of drug-likeness (QED) is 0.767. The summed E-state index contributed by atoms with van der Waals surface area (Å²) >= 11 is 3.81. The Kier molecular flexibility index (Phi) is 4.65. The molecule has 4 heteroatoms. The molecule has 1 amide bonds. The highest BCUT2D eigenvalue weighted by Crippen LogP contribution is 2.35. The van der Waals surface area contributed by atoms with Gasteiger partial charge in [0.1, 0.15) is 0 Å². The van der Waals surface area contributed by atoms with Crippen LogP contribution in [0.1, 0.15) is 48.1 Å². The van der Waals surface area contributed by atoms with Crippen molar-refractivity contribution in [2.24, 2.45) is 0 Å². The second kappa shape index (κ2) is 6.49. The Morgan fingerprint density at radius 3 is 3.05 bits per heavy atom. The lowest BCUT2D eigenvalue weighted by atomic mass is 9.96. The Balaban J connectivity index is 1.66. The number of ether oxygens (including phenoxy) is 1. The maximum Gasteiger partial charge on any atom is 0.227 e. The van der Waals surface area contributed by atoms with Crippen LogP contribution in [0.3, 0.4) is 0 Å². The van der Waals surface area contributed by atoms with Crippen LogP contribution in [0.15, 0.2) is 18.2 Å². The highest BCUT2D eigenvalue weighted by Gasteiger charge is 2.22. The van der Waals surface area contributed by atoms with Crippen LogP contribution in [-0.2, 0) is 16.0 Å². The third-order valence-corrected chi connectivity index (χ3v) is 5.56. The fourth-order valence-electron chi connectivity index (χ4n) is 3.24. The van der Waals surface area contributed by atoms with Crippen molar-refractivity contribution in [1.29, 1.82) is 0 Å². The molecule has 0 bridgehead atoms. The number of hydrogen-bond acceptors (Lipinski definition) is 2. The van der Waals surface area contributed by atoms with Crippen LogP contribution in [0.2, 0.25) is 0 Å². The monoisotopic (exact) mass is 351 g/mol. The summed E-state index contributed by atoms with van der Waals surface area (Å²) in [6.07, 6.45) is 6.55. The molecule has 2 heterocycles. The Bertz CT molecular complexity index is 526. The number of halogens is 1. The summed E-state index contributed by atoms with van der Waals surface area (Å²) in [5.41, 5.74) is 3.67. The number of rotatable bonds is 4. The maximum atomic E-state index is 11.7. The van der Waals surface area contributed by atoms with E-state index in [-0.39, 0.29) is 5.91 Å². The van der Waals surface area contributed by atoms with Crippen molar-refractivity contribution < 1.29 is 9.53 Å². The molecule has 0 aromatic heterocycles. The molecule has 1 aromatic rings. The fourth-order valence-corrected chi connectivity index (χ4v) is 3.79. The number of carbonyl (C=O) groups is 1. The van der Waals surface area contributed by atoms with E-state index in [0.717, 1.165) is 31.6 Å². The minimum absolute atomic E-state index is 0.212. The van der Waals surface area contributed by atoms with Gasteiger partial charge in [0.15, 0.2) is 0 Å². The van der Waals surface area contributed by atoms with Gasteiger partial charge in [-0.05, 0) is 49.3 Å². The van der Waals surface area contributed by atoms with E-state index in [1.54, 1.807) is 4.90 Å². The molecule has 0 aliphatic carbocycles. The summed E-state index contributed by atoms with van der Waals surface area (Å²) in [4.78, 5) is 13.9. The molecule has 114 valence electrons. The average molecular weight is 352 g/mol. The normalized spacial score (nSPS) is 23.2. The van der Waals surface area contributed by atoms with Gasteiger partial charge in [0.2, 0.25) is 5.91 Å². The molecule has 2 unspecified atom stereocenters. The number of fused-ring (bicyclic) bond motifs is 1. The van der Waals surface area contributed by atoms with Crippen molar-refractivity contribution in [2.45, 2.75) is 49.5 Å². The topological polar surface area (TPSA) is 29.5 Å². The molecule has 2 aliphatic rings. The Morgan fingerprint density at radius 2 is 2.29 bits per heavy atom. The highest BCUT2D eigenvalue weighted by atomic mass is 79.9. The van der Waals surface area contributed by atoms with Gasteiger partial charge in [-0.25, -0.2) is 0 Å². The number of carbonyl (C=O) groups excluding carboxylic acids is 1. The summed E-state index contributed by atoms with van der Waals surface area (Å²) in [6.45, 7) is 0.927. The summed E-state index contributed by atoms with van der Waals surface area (Å²) in [7, 11) is 1.86. The zero-order valence-electron chi connectivity index (χ0n) is 12.5. The standard InChI is InChI=1S/C17H22BrNO2/c1-19-16-8-4-12(11-13(16)5-9-17(19)20)15(18)7-6-14-3-2-10-21-14/h4,8,11,14-15H,2-3,5-7,9-10H2,1H3. The van der Waals surface area contributed by atoms with E-state index in [0.29, 0.717) is 17.4 Å². The Morgan fingerprint density at radius 1 is 1.43 bits per heavy atom. The molecule has 21 heavy (non-hydrogen) atoms. The molecule has 0 saturated carbocycles. The zero-order chi connectivity index (χ0) is 14.8. The first kappa shape index (κ1) is 15.0. The van der Waals surface area contributed by atoms with Crippen LogP contribution in [0.5, 0.6) is 0 Å². The van der Waals surface area contributed by atoms with Gasteiger partial charge in [0.25, 0.3) is 0 Å². The van der Waals surface area contributed by atoms with Crippen molar-refractivity contribution in [3.8, 4) is 0 Å². The molecule has 3 nitrogen and oxygen atoms in total. The Labute approximate surface area is 134 Å². The first-order chi connectivity index (χ1) is 10.1. The molecule has 0 N–H and O–H groups in total. The van der Waals surface area contributed by atoms with E-state index >= 15 is 0 Å². The smallest absolute Gasteiger partial charge is 0.227 e. The van der Waals surface area contributed by atoms with Crippen LogP contribution in [0.25, 0.3) is 0 Å². The molecular weight excluding hydrogens is 330 g/mol. The van der Waals surface area contributed by atoms with Crippen LogP contribution < -0.4 is 4.90 Å². The van der Waals surface area contributed by atoms with Crippen LogP contribution in [0, 0.1) is 0 Å². The molecule has 1 fully saturated rings. The maximum absolute atomic E-state index is 11.7. The van der Waals surface area contributed by atoms with Crippen molar-refractivity contribution >= 4 is 27.5 Å². The van der Waals surface area contributed by atoms with Gasteiger partial charge >= 0.3 is 0 Å². The third kappa shape index (κ3) is 3.32. The third-order valence-electron chi connectivity index (χ3n) is 4.57. The number of amides is 1. The molecule has 0 spiro atoms. The highest BCUT2D eigenvalue weighted by molar-refractivity contribution is 9.09. The molecule has 2 atom stereocenters. The van der Waals surface area contributed by atoms with Gasteiger partial charge in [-0.3, -0.25) is 4.79 Å². The predicted octanol–water partition coefficient (Wildman–Crippen LogP) is 3.99. The van der Waals surface area contributed by atoms with Gasteiger partial charge in [0, 0.05) is 30.6 Å². The SMILES string of the molecule is CN1C(=O)CCc2cc(C(Br)CCC3CCCO3)ccc21. The first-order valence-electron chi connectivity index (χ1n) is 7.80. The second-order valence-electron chi connectivity index (χ2n) is 6.02. The number of hydrogen-bond donors (Lipinski definition) is 0. The number of alkyl halides is 1. The Hall–Kier alpha value is -0.870. The molecule has 1 saturated heterocycles. The number of nitrogens with zero attached hydrogens (tertiary/aromatic N) is 1. The van der Waals surface area contributed by atoms with Gasteiger partial charge in [-0.15, -0.1) is 0 Å². The summed E-state index contributed by atoms with van der Waals surface area (Å²) < 4.78 is 5.69. The predicted molar refractivity (Wildman–Crippen MR) is 88.0 cm³/mol. The van der Waals surface area contributed by atoms with E-state index in [1.807, 2.05) is 7.05 Å². The van der Waals surface area contributed by atoms with E-state index in [4.69, 9.17) is 4.74 Å². The number of benzene rings is 1. The van der Waals surface area contributed by atoms with Gasteiger partial charge in [-0.1, -0.05) is 28.1 Å². The molecular formula is C17H22BrNO2. The average Bonchev–Trinajstić information content (AvgIpc) is 3.01. The van der Waals surface area contributed by atoms with Crippen LogP contribution >= 0.6 is 15.9 Å². The lowest BCUT2D eigenvalue weighted by Gasteiger charge is -2.26. The largest absolute Gasteiger partial charge is 0.378 e. The van der Waals surface area contributed by atoms with Crippen molar-refractivity contribution in [3.05, 3.63) is 29.3 Å². The van der Waals surface area contributed by atoms with Crippen LogP contribution in [-0.4, -0.2) is 25.7 Å². The van der Waals surface area contributed by atoms with Crippen molar-refractivity contribution in [1.82, 2.24) is 0 Å². The molecule has 1 aromatic carbocycles. The molecule has 2 aliphatic heterocycles. The summed E-state index contributed by atoms with van der Waals surface area (Å²) in [6, 6.07) is 6.48. The lowest BCUT2D eigenvalue weighted by molar-refractivity contribution is -0.118. The van der Waals surface area contributed by atoms with Crippen molar-refractivity contribution in [2.75, 3.05) is 18.6 Å². The van der Waals surface area contributed by atoms with E-state index < -0.39 is 0 Å². The van der Waals surface area contributed by atoms with E-state index in [2.05, 4.69) is 34.1 Å². The van der Waals surface area contributed by atoms with Crippen molar-refractivity contribution in [3.63, 3.8) is 0 Å². The van der Waals surface area contributed by atoms with Gasteiger partial charge in [0.05, 0.1) is 6.10 Å². The van der Waals surface area contributed by atoms with Crippen LogP contribution in [0.4, 0.5) is 5.69 Å². The number of aryl methyl sites for hydroxylation is 1. The second-order valence-corrected chi connectivity index (χ2v) is 7.13. The minimum Gasteiger partial charge on any atom is -0.378 e. The van der Waals surface area contributed by atoms with E-state index in [9.17, 15) is 4.79 Å². The van der Waals surface area contributed by atoms with Gasteiger partial charge < -0.3 is 9.64 Å². The summed E-state index contributed by atoms with van der Waals surface area (Å²) in [5.74, 6) is 0.212. The first-order valence-corrected chi connectivity index (χ1v) is 8.72. The lowest BCUT2D eigenvalue weighted by Crippen LogP contribution is -2.31. The zero-order valence-corrected chi connectivity index (χ0v) is 14.1. The minimum atomic E-state index is 0.212. The number of anilines is 1. The fraction of sp³-hybridized carbons (Fsp3) is 0.588. The molecule has 0 radical (unpaired) electrons. The van der Waals surface area contributed by atoms with Gasteiger partial charge in [-0.2, -0.15) is 0 Å². The summed E-state index contributed by atoms with van der Waals surface area (Å²) in [5, 5.41) is 0. The molecule has 3 rings (SSSR count).